The molecule has 2 heteroatoms. The summed E-state index contributed by atoms with van der Waals surface area (Å²) in [6.45, 7) is 6.78. The molecule has 2 nitrogen and oxygen atoms in total. The van der Waals surface area contributed by atoms with Gasteiger partial charge in [-0.2, -0.15) is 0 Å². The maximum atomic E-state index is 5.64. The van der Waals surface area contributed by atoms with E-state index in [0.29, 0.717) is 5.41 Å². The molecule has 0 unspecified atom stereocenters. The lowest BCUT2D eigenvalue weighted by Gasteiger charge is -2.36. The number of hydrazine groups is 1. The third-order valence-electron chi connectivity index (χ3n) is 2.86. The summed E-state index contributed by atoms with van der Waals surface area (Å²) in [5.74, 6) is 5.64. The Morgan fingerprint density at radius 2 is 1.90 bits per heavy atom. The quantitative estimate of drug-likeness (QED) is 0.560. The van der Waals surface area contributed by atoms with E-state index in [9.17, 15) is 0 Å². The van der Waals surface area contributed by atoms with Crippen LogP contribution < -0.4 is 5.84 Å². The summed E-state index contributed by atoms with van der Waals surface area (Å²) in [6.07, 6.45) is 3.82. The van der Waals surface area contributed by atoms with E-state index >= 15 is 0 Å². The molecule has 1 aliphatic rings. The van der Waals surface area contributed by atoms with Crippen LogP contribution in [0.4, 0.5) is 0 Å². The lowest BCUT2D eigenvalue weighted by atomic mass is 9.79. The van der Waals surface area contributed by atoms with Crippen molar-refractivity contribution in [2.24, 2.45) is 11.3 Å². The molecule has 0 aromatic carbocycles. The fraction of sp³-hybridized carbons (Fsp3) is 1.00. The molecule has 1 heterocycles. The van der Waals surface area contributed by atoms with Crippen LogP contribution in [0.1, 0.15) is 33.1 Å². The number of nitrogens with two attached hydrogens (primary N) is 1. The first-order valence-corrected chi connectivity index (χ1v) is 4.16. The van der Waals surface area contributed by atoms with E-state index in [-0.39, 0.29) is 0 Å². The second-order valence-electron chi connectivity index (χ2n) is 3.70. The highest BCUT2D eigenvalue weighted by Gasteiger charge is 2.26. The summed E-state index contributed by atoms with van der Waals surface area (Å²) in [5, 5.41) is 1.93. The highest BCUT2D eigenvalue weighted by molar-refractivity contribution is 4.78. The van der Waals surface area contributed by atoms with Crippen molar-refractivity contribution in [1.82, 2.24) is 5.01 Å². The molecule has 0 bridgehead atoms. The van der Waals surface area contributed by atoms with E-state index in [1.54, 1.807) is 0 Å². The highest BCUT2D eigenvalue weighted by Crippen LogP contribution is 2.32. The summed E-state index contributed by atoms with van der Waals surface area (Å²) in [4.78, 5) is 0. The third kappa shape index (κ3) is 1.70. The molecule has 2 N–H and O–H groups in total. The number of rotatable bonds is 1. The van der Waals surface area contributed by atoms with E-state index < -0.39 is 0 Å². The molecule has 60 valence electrons. The van der Waals surface area contributed by atoms with E-state index in [1.807, 2.05) is 5.01 Å². The molecular formula is C8H18N2. The van der Waals surface area contributed by atoms with Crippen molar-refractivity contribution in [2.45, 2.75) is 33.1 Å². The minimum atomic E-state index is 0.579. The zero-order chi connectivity index (χ0) is 7.61. The Kier molecular flexibility index (Phi) is 2.32. The zero-order valence-electron chi connectivity index (χ0n) is 7.06. The van der Waals surface area contributed by atoms with Gasteiger partial charge in [0.2, 0.25) is 0 Å². The standard InChI is InChI=1S/C8H18N2/c1-3-8(2)4-6-10(9)7-5-8/h3-7,9H2,1-2H3. The molecule has 1 saturated heterocycles. The molecule has 0 aromatic heterocycles. The predicted octanol–water partition coefficient (Wildman–Crippen LogP) is 1.37. The molecule has 0 spiro atoms. The van der Waals surface area contributed by atoms with Gasteiger partial charge in [0.05, 0.1) is 0 Å². The van der Waals surface area contributed by atoms with Gasteiger partial charge in [-0.3, -0.25) is 5.84 Å². The molecule has 0 radical (unpaired) electrons. The molecule has 10 heavy (non-hydrogen) atoms. The van der Waals surface area contributed by atoms with Gasteiger partial charge in [0.15, 0.2) is 0 Å². The van der Waals surface area contributed by atoms with Gasteiger partial charge < -0.3 is 0 Å². The van der Waals surface area contributed by atoms with E-state index in [0.717, 1.165) is 13.1 Å². The number of nitrogens with zero attached hydrogens (tertiary/aromatic N) is 1. The van der Waals surface area contributed by atoms with Crippen molar-refractivity contribution in [2.75, 3.05) is 13.1 Å². The van der Waals surface area contributed by atoms with Crippen LogP contribution in [0.3, 0.4) is 0 Å². The van der Waals surface area contributed by atoms with E-state index in [4.69, 9.17) is 5.84 Å². The molecule has 0 saturated carbocycles. The molecule has 0 aromatic rings. The minimum Gasteiger partial charge on any atom is -0.269 e. The largest absolute Gasteiger partial charge is 0.269 e. The molecule has 0 amide bonds. The summed E-state index contributed by atoms with van der Waals surface area (Å²) in [6, 6.07) is 0. The second kappa shape index (κ2) is 2.89. The van der Waals surface area contributed by atoms with E-state index in [1.165, 1.54) is 19.3 Å². The normalized spacial score (nSPS) is 26.7. The zero-order valence-corrected chi connectivity index (χ0v) is 7.06. The van der Waals surface area contributed by atoms with Crippen molar-refractivity contribution >= 4 is 0 Å². The molecule has 1 aliphatic heterocycles. The monoisotopic (exact) mass is 142 g/mol. The van der Waals surface area contributed by atoms with Gasteiger partial charge >= 0.3 is 0 Å². The number of piperidine rings is 1. The Labute approximate surface area is 63.4 Å². The van der Waals surface area contributed by atoms with Gasteiger partial charge in [-0.25, -0.2) is 5.01 Å². The predicted molar refractivity (Wildman–Crippen MR) is 43.4 cm³/mol. The van der Waals surface area contributed by atoms with Crippen LogP contribution in [0.5, 0.6) is 0 Å². The molecule has 0 aliphatic carbocycles. The summed E-state index contributed by atoms with van der Waals surface area (Å²) in [7, 11) is 0. The van der Waals surface area contributed by atoms with Crippen LogP contribution >= 0.6 is 0 Å². The smallest absolute Gasteiger partial charge is 0.0133 e. The molecule has 1 fully saturated rings. The minimum absolute atomic E-state index is 0.579. The van der Waals surface area contributed by atoms with Crippen LogP contribution in [0.15, 0.2) is 0 Å². The van der Waals surface area contributed by atoms with Crippen LogP contribution in [0.25, 0.3) is 0 Å². The topological polar surface area (TPSA) is 29.3 Å². The molecular weight excluding hydrogens is 124 g/mol. The fourth-order valence-electron chi connectivity index (χ4n) is 1.42. The number of hydrogen-bond donors (Lipinski definition) is 1. The Hall–Kier alpha value is -0.0800. The second-order valence-corrected chi connectivity index (χ2v) is 3.70. The van der Waals surface area contributed by atoms with Gasteiger partial charge in [0.25, 0.3) is 0 Å². The average Bonchev–Trinajstić information content (AvgIpc) is 1.96. The molecule has 1 rings (SSSR count). The lowest BCUT2D eigenvalue weighted by molar-refractivity contribution is 0.116. The first-order valence-electron chi connectivity index (χ1n) is 4.16. The van der Waals surface area contributed by atoms with Crippen molar-refractivity contribution in [3.05, 3.63) is 0 Å². The van der Waals surface area contributed by atoms with Gasteiger partial charge in [-0.15, -0.1) is 0 Å². The van der Waals surface area contributed by atoms with Crippen LogP contribution in [0, 0.1) is 5.41 Å². The van der Waals surface area contributed by atoms with Crippen LogP contribution in [-0.2, 0) is 0 Å². The van der Waals surface area contributed by atoms with Crippen molar-refractivity contribution < 1.29 is 0 Å². The van der Waals surface area contributed by atoms with Gasteiger partial charge in [0.1, 0.15) is 0 Å². The first-order chi connectivity index (χ1) is 4.66. The fourth-order valence-corrected chi connectivity index (χ4v) is 1.42. The van der Waals surface area contributed by atoms with Gasteiger partial charge in [-0.05, 0) is 18.3 Å². The summed E-state index contributed by atoms with van der Waals surface area (Å²) < 4.78 is 0. The number of hydrogen-bond acceptors (Lipinski definition) is 2. The summed E-state index contributed by atoms with van der Waals surface area (Å²) >= 11 is 0. The van der Waals surface area contributed by atoms with Gasteiger partial charge in [-0.1, -0.05) is 20.3 Å². The van der Waals surface area contributed by atoms with Crippen LogP contribution in [0.2, 0.25) is 0 Å². The van der Waals surface area contributed by atoms with Gasteiger partial charge in [0, 0.05) is 13.1 Å². The maximum Gasteiger partial charge on any atom is 0.0133 e. The third-order valence-corrected chi connectivity index (χ3v) is 2.86. The lowest BCUT2D eigenvalue weighted by Crippen LogP contribution is -2.42. The van der Waals surface area contributed by atoms with Crippen molar-refractivity contribution in [3.8, 4) is 0 Å². The Morgan fingerprint density at radius 1 is 1.40 bits per heavy atom. The first kappa shape index (κ1) is 8.02. The van der Waals surface area contributed by atoms with Crippen LogP contribution in [-0.4, -0.2) is 18.1 Å². The highest BCUT2D eigenvalue weighted by atomic mass is 15.4. The van der Waals surface area contributed by atoms with Crippen molar-refractivity contribution in [3.63, 3.8) is 0 Å². The Morgan fingerprint density at radius 3 is 2.30 bits per heavy atom. The average molecular weight is 142 g/mol. The van der Waals surface area contributed by atoms with Crippen molar-refractivity contribution in [1.29, 1.82) is 0 Å². The van der Waals surface area contributed by atoms with E-state index in [2.05, 4.69) is 13.8 Å². The summed E-state index contributed by atoms with van der Waals surface area (Å²) in [5.41, 5.74) is 0.579. The Bertz CT molecular complexity index is 104. The molecule has 0 atom stereocenters. The maximum absolute atomic E-state index is 5.64. The SMILES string of the molecule is CCC1(C)CCN(N)CC1. The Balaban J connectivity index is 2.38.